The number of hydrogen-bond donors (Lipinski definition) is 2. The third-order valence-corrected chi connectivity index (χ3v) is 4.55. The van der Waals surface area contributed by atoms with Crippen LogP contribution >= 0.6 is 11.8 Å². The molecule has 1 saturated carbocycles. The molecule has 2 fully saturated rings. The Morgan fingerprint density at radius 2 is 2.24 bits per heavy atom. The molecule has 5 nitrogen and oxygen atoms in total. The van der Waals surface area contributed by atoms with Crippen LogP contribution in [0.15, 0.2) is 0 Å². The summed E-state index contributed by atoms with van der Waals surface area (Å²) in [6, 6.07) is -0.121. The molecule has 0 bridgehead atoms. The quantitative estimate of drug-likeness (QED) is 0.792. The molecule has 1 saturated heterocycles. The number of hydrogen-bond acceptors (Lipinski definition) is 3. The number of urea groups is 1. The molecule has 96 valence electrons. The van der Waals surface area contributed by atoms with Crippen LogP contribution in [0.1, 0.15) is 19.8 Å². The fraction of sp³-hybridized carbons (Fsp3) is 0.818. The molecule has 1 aliphatic heterocycles. The van der Waals surface area contributed by atoms with E-state index in [1.807, 2.05) is 11.8 Å². The predicted molar refractivity (Wildman–Crippen MR) is 66.2 cm³/mol. The van der Waals surface area contributed by atoms with E-state index < -0.39 is 11.4 Å². The molecule has 0 spiro atoms. The van der Waals surface area contributed by atoms with Crippen LogP contribution in [0, 0.1) is 5.41 Å². The maximum absolute atomic E-state index is 11.9. The lowest BCUT2D eigenvalue weighted by Gasteiger charge is -2.31. The molecule has 2 N–H and O–H groups in total. The van der Waals surface area contributed by atoms with Gasteiger partial charge in [0.15, 0.2) is 0 Å². The number of amides is 2. The maximum atomic E-state index is 11.9. The molecule has 0 radical (unpaired) electrons. The molecule has 2 aliphatic rings. The average molecular weight is 258 g/mol. The lowest BCUT2D eigenvalue weighted by Crippen LogP contribution is -2.48. The summed E-state index contributed by atoms with van der Waals surface area (Å²) in [5, 5.41) is 12.2. The van der Waals surface area contributed by atoms with E-state index in [9.17, 15) is 9.59 Å². The zero-order chi connectivity index (χ0) is 12.5. The largest absolute Gasteiger partial charge is 0.481 e. The number of nitrogens with one attached hydrogen (secondary N) is 1. The van der Waals surface area contributed by atoms with Gasteiger partial charge < -0.3 is 15.3 Å². The third-order valence-electron chi connectivity index (χ3n) is 3.41. The van der Waals surface area contributed by atoms with Gasteiger partial charge in [0, 0.05) is 30.6 Å². The molecule has 2 rings (SSSR count). The van der Waals surface area contributed by atoms with Crippen LogP contribution in [0.5, 0.6) is 0 Å². The number of rotatable bonds is 3. The van der Waals surface area contributed by atoms with Crippen molar-refractivity contribution >= 4 is 23.8 Å². The molecule has 0 aromatic heterocycles. The minimum atomic E-state index is -0.791. The van der Waals surface area contributed by atoms with Crippen molar-refractivity contribution in [2.75, 3.05) is 25.4 Å². The molecule has 1 heterocycles. The average Bonchev–Trinajstić information content (AvgIpc) is 3.07. The Morgan fingerprint density at radius 3 is 2.76 bits per heavy atom. The monoisotopic (exact) mass is 258 g/mol. The highest BCUT2D eigenvalue weighted by atomic mass is 32.2. The zero-order valence-electron chi connectivity index (χ0n) is 9.94. The van der Waals surface area contributed by atoms with Crippen molar-refractivity contribution in [3.63, 3.8) is 0 Å². The molecule has 0 aromatic rings. The van der Waals surface area contributed by atoms with Crippen molar-refractivity contribution in [3.8, 4) is 0 Å². The zero-order valence-corrected chi connectivity index (χ0v) is 10.8. The summed E-state index contributed by atoms with van der Waals surface area (Å²) in [5.41, 5.74) is -0.675. The van der Waals surface area contributed by atoms with Crippen molar-refractivity contribution in [1.29, 1.82) is 0 Å². The Morgan fingerprint density at radius 1 is 1.53 bits per heavy atom. The Bertz CT molecular complexity index is 331. The second-order valence-corrected chi connectivity index (χ2v) is 6.42. The third kappa shape index (κ3) is 2.86. The second kappa shape index (κ2) is 4.76. The van der Waals surface area contributed by atoms with Crippen LogP contribution < -0.4 is 5.32 Å². The van der Waals surface area contributed by atoms with Gasteiger partial charge in [0.25, 0.3) is 0 Å². The Kier molecular flexibility index (Phi) is 3.51. The van der Waals surface area contributed by atoms with Crippen molar-refractivity contribution in [1.82, 2.24) is 10.2 Å². The first kappa shape index (κ1) is 12.5. The molecular weight excluding hydrogens is 240 g/mol. The van der Waals surface area contributed by atoms with Gasteiger partial charge in [0.1, 0.15) is 0 Å². The lowest BCUT2D eigenvalue weighted by molar-refractivity contribution is -0.143. The van der Waals surface area contributed by atoms with Gasteiger partial charge in [-0.05, 0) is 12.8 Å². The number of thioether (sulfide) groups is 1. The first-order valence-electron chi connectivity index (χ1n) is 5.91. The van der Waals surface area contributed by atoms with Crippen LogP contribution in [-0.4, -0.2) is 52.6 Å². The summed E-state index contributed by atoms with van der Waals surface area (Å²) in [4.78, 5) is 24.6. The summed E-state index contributed by atoms with van der Waals surface area (Å²) in [6.45, 7) is 3.86. The molecule has 6 heteroatoms. The first-order valence-corrected chi connectivity index (χ1v) is 6.96. The van der Waals surface area contributed by atoms with Gasteiger partial charge >= 0.3 is 12.0 Å². The number of carbonyl (C=O) groups is 2. The van der Waals surface area contributed by atoms with E-state index >= 15 is 0 Å². The van der Waals surface area contributed by atoms with Crippen LogP contribution in [0.2, 0.25) is 0 Å². The van der Waals surface area contributed by atoms with Gasteiger partial charge in [0.2, 0.25) is 0 Å². The Hall–Kier alpha value is -0.910. The molecule has 0 aromatic carbocycles. The SMILES string of the molecule is CC1CN(C(=O)NCC2(C(=O)O)CC2)CCS1. The molecular formula is C11H18N2O3S. The van der Waals surface area contributed by atoms with Gasteiger partial charge in [-0.3, -0.25) is 4.79 Å². The van der Waals surface area contributed by atoms with Crippen molar-refractivity contribution < 1.29 is 14.7 Å². The summed E-state index contributed by atoms with van der Waals surface area (Å²) in [6.07, 6.45) is 1.35. The molecule has 2 amide bonds. The van der Waals surface area contributed by atoms with E-state index in [1.165, 1.54) is 0 Å². The van der Waals surface area contributed by atoms with Gasteiger partial charge in [-0.2, -0.15) is 11.8 Å². The van der Waals surface area contributed by atoms with Gasteiger partial charge in [-0.1, -0.05) is 6.92 Å². The fourth-order valence-corrected chi connectivity index (χ4v) is 2.99. The van der Waals surface area contributed by atoms with E-state index in [4.69, 9.17) is 5.11 Å². The molecule has 1 aliphatic carbocycles. The minimum Gasteiger partial charge on any atom is -0.481 e. The maximum Gasteiger partial charge on any atom is 0.317 e. The van der Waals surface area contributed by atoms with Crippen LogP contribution in [0.25, 0.3) is 0 Å². The first-order chi connectivity index (χ1) is 8.03. The molecule has 1 atom stereocenters. The highest BCUT2D eigenvalue weighted by Gasteiger charge is 2.50. The van der Waals surface area contributed by atoms with Crippen LogP contribution in [-0.2, 0) is 4.79 Å². The topological polar surface area (TPSA) is 69.6 Å². The summed E-state index contributed by atoms with van der Waals surface area (Å²) >= 11 is 1.86. The number of nitrogens with zero attached hydrogens (tertiary/aromatic N) is 1. The summed E-state index contributed by atoms with van der Waals surface area (Å²) in [5.74, 6) is 0.166. The highest BCUT2D eigenvalue weighted by Crippen LogP contribution is 2.45. The van der Waals surface area contributed by atoms with Gasteiger partial charge in [-0.25, -0.2) is 4.79 Å². The standard InChI is InChI=1S/C11H18N2O3S/c1-8-6-13(4-5-17-8)10(16)12-7-11(2-3-11)9(14)15/h8H,2-7H2,1H3,(H,12,16)(H,14,15). The number of carboxylic acid groups (broad SMARTS) is 1. The minimum absolute atomic E-state index is 0.121. The van der Waals surface area contributed by atoms with E-state index in [-0.39, 0.29) is 12.6 Å². The van der Waals surface area contributed by atoms with E-state index in [0.717, 1.165) is 18.8 Å². The highest BCUT2D eigenvalue weighted by molar-refractivity contribution is 7.99. The van der Waals surface area contributed by atoms with E-state index in [0.29, 0.717) is 18.1 Å². The van der Waals surface area contributed by atoms with Gasteiger partial charge in [-0.15, -0.1) is 0 Å². The van der Waals surface area contributed by atoms with E-state index in [2.05, 4.69) is 12.2 Å². The summed E-state index contributed by atoms with van der Waals surface area (Å²) in [7, 11) is 0. The lowest BCUT2D eigenvalue weighted by atomic mass is 10.1. The Balaban J connectivity index is 1.79. The second-order valence-electron chi connectivity index (χ2n) is 4.87. The number of carboxylic acids is 1. The van der Waals surface area contributed by atoms with Crippen LogP contribution in [0.4, 0.5) is 4.79 Å². The van der Waals surface area contributed by atoms with E-state index in [1.54, 1.807) is 4.90 Å². The Labute approximate surface area is 105 Å². The normalized spacial score (nSPS) is 26.4. The smallest absolute Gasteiger partial charge is 0.317 e. The van der Waals surface area contributed by atoms with Crippen LogP contribution in [0.3, 0.4) is 0 Å². The number of carbonyl (C=O) groups excluding carboxylic acids is 1. The summed E-state index contributed by atoms with van der Waals surface area (Å²) < 4.78 is 0. The van der Waals surface area contributed by atoms with Crippen molar-refractivity contribution in [2.24, 2.45) is 5.41 Å². The van der Waals surface area contributed by atoms with Gasteiger partial charge in [0.05, 0.1) is 5.41 Å². The van der Waals surface area contributed by atoms with Crippen molar-refractivity contribution in [2.45, 2.75) is 25.0 Å². The molecule has 17 heavy (non-hydrogen) atoms. The molecule has 1 unspecified atom stereocenters. The van der Waals surface area contributed by atoms with Crippen molar-refractivity contribution in [3.05, 3.63) is 0 Å². The fourth-order valence-electron chi connectivity index (χ4n) is 1.98. The number of aliphatic carboxylic acids is 1. The predicted octanol–water partition coefficient (Wildman–Crippen LogP) is 0.998.